The van der Waals surface area contributed by atoms with Gasteiger partial charge in [0.2, 0.25) is 0 Å². The minimum atomic E-state index is 0.970. The first-order chi connectivity index (χ1) is 4.57. The van der Waals surface area contributed by atoms with Gasteiger partial charge in [0.25, 0.3) is 0 Å². The van der Waals surface area contributed by atoms with E-state index in [4.69, 9.17) is 0 Å². The fraction of sp³-hybridized carbons (Fsp3) is 0.200. The van der Waals surface area contributed by atoms with Crippen molar-refractivity contribution in [3.8, 4) is 0 Å². The van der Waals surface area contributed by atoms with E-state index in [0.717, 1.165) is 16.7 Å². The molecule has 0 spiro atoms. The standard InChI is InChI=1S/C10H14/c1-6-9(4)7-10(5)8(2)3/h6-7H,1-2,5H2,3-4H3/b9-7+. The molecule has 10 heavy (non-hydrogen) atoms. The Morgan fingerprint density at radius 2 is 1.70 bits per heavy atom. The zero-order chi connectivity index (χ0) is 8.15. The van der Waals surface area contributed by atoms with Crippen molar-refractivity contribution in [2.45, 2.75) is 13.8 Å². The van der Waals surface area contributed by atoms with E-state index in [0.29, 0.717) is 0 Å². The molecule has 0 unspecified atom stereocenters. The normalized spacial score (nSPS) is 10.8. The van der Waals surface area contributed by atoms with Crippen molar-refractivity contribution in [1.82, 2.24) is 0 Å². The lowest BCUT2D eigenvalue weighted by Crippen LogP contribution is -1.76. The fourth-order valence-corrected chi connectivity index (χ4v) is 0.457. The van der Waals surface area contributed by atoms with E-state index >= 15 is 0 Å². The summed E-state index contributed by atoms with van der Waals surface area (Å²) in [5.41, 5.74) is 3.09. The second kappa shape index (κ2) is 3.89. The van der Waals surface area contributed by atoms with E-state index in [1.807, 2.05) is 19.9 Å². The second-order valence-electron chi connectivity index (χ2n) is 2.40. The number of hydrogen-bond acceptors (Lipinski definition) is 0. The molecule has 0 nitrogen and oxygen atoms in total. The van der Waals surface area contributed by atoms with Crippen LogP contribution in [-0.2, 0) is 0 Å². The third kappa shape index (κ3) is 3.08. The third-order valence-electron chi connectivity index (χ3n) is 1.27. The molecule has 0 aliphatic heterocycles. The Morgan fingerprint density at radius 3 is 2.00 bits per heavy atom. The van der Waals surface area contributed by atoms with E-state index in [-0.39, 0.29) is 0 Å². The number of allylic oxidation sites excluding steroid dienone is 5. The lowest BCUT2D eigenvalue weighted by Gasteiger charge is -1.97. The minimum absolute atomic E-state index is 0.970. The molecule has 0 heteroatoms. The predicted molar refractivity (Wildman–Crippen MR) is 47.9 cm³/mol. The van der Waals surface area contributed by atoms with Gasteiger partial charge in [0, 0.05) is 0 Å². The topological polar surface area (TPSA) is 0 Å². The molecule has 0 saturated carbocycles. The Labute approximate surface area is 63.3 Å². The fourth-order valence-electron chi connectivity index (χ4n) is 0.457. The van der Waals surface area contributed by atoms with E-state index < -0.39 is 0 Å². The zero-order valence-electron chi connectivity index (χ0n) is 6.78. The van der Waals surface area contributed by atoms with Crippen molar-refractivity contribution in [2.75, 3.05) is 0 Å². The summed E-state index contributed by atoms with van der Waals surface area (Å²) in [6, 6.07) is 0. The Bertz CT molecular complexity index is 192. The number of hydrogen-bond donors (Lipinski definition) is 0. The molecular formula is C10H14. The van der Waals surface area contributed by atoms with Gasteiger partial charge in [-0.25, -0.2) is 0 Å². The first-order valence-corrected chi connectivity index (χ1v) is 3.23. The zero-order valence-corrected chi connectivity index (χ0v) is 6.78. The molecule has 0 heterocycles. The third-order valence-corrected chi connectivity index (χ3v) is 1.27. The van der Waals surface area contributed by atoms with Crippen LogP contribution in [0.1, 0.15) is 13.8 Å². The van der Waals surface area contributed by atoms with Crippen molar-refractivity contribution in [1.29, 1.82) is 0 Å². The van der Waals surface area contributed by atoms with Crippen LogP contribution in [0.25, 0.3) is 0 Å². The van der Waals surface area contributed by atoms with Gasteiger partial charge in [0.15, 0.2) is 0 Å². The largest absolute Gasteiger partial charge is 0.0988 e. The average molecular weight is 134 g/mol. The van der Waals surface area contributed by atoms with E-state index in [1.165, 1.54) is 0 Å². The van der Waals surface area contributed by atoms with Gasteiger partial charge in [0.1, 0.15) is 0 Å². The van der Waals surface area contributed by atoms with E-state index in [1.54, 1.807) is 6.08 Å². The quantitative estimate of drug-likeness (QED) is 0.520. The van der Waals surface area contributed by atoms with Crippen molar-refractivity contribution >= 4 is 0 Å². The van der Waals surface area contributed by atoms with E-state index in [2.05, 4.69) is 19.7 Å². The van der Waals surface area contributed by atoms with Gasteiger partial charge in [-0.15, -0.1) is 0 Å². The summed E-state index contributed by atoms with van der Waals surface area (Å²) in [6.45, 7) is 15.1. The van der Waals surface area contributed by atoms with Crippen molar-refractivity contribution < 1.29 is 0 Å². The molecule has 0 atom stereocenters. The molecule has 0 rings (SSSR count). The highest BCUT2D eigenvalue weighted by Crippen LogP contribution is 2.08. The highest BCUT2D eigenvalue weighted by Gasteiger charge is 1.87. The maximum Gasteiger partial charge on any atom is -0.0303 e. The van der Waals surface area contributed by atoms with Crippen LogP contribution in [0.15, 0.2) is 48.6 Å². The molecule has 0 radical (unpaired) electrons. The molecule has 0 bridgehead atoms. The van der Waals surface area contributed by atoms with Crippen LogP contribution >= 0.6 is 0 Å². The Hall–Kier alpha value is -1.04. The Kier molecular flexibility index (Phi) is 3.48. The summed E-state index contributed by atoms with van der Waals surface area (Å²) in [4.78, 5) is 0. The average Bonchev–Trinajstić information content (AvgIpc) is 1.87. The lowest BCUT2D eigenvalue weighted by molar-refractivity contribution is 1.42. The summed E-state index contributed by atoms with van der Waals surface area (Å²) in [6.07, 6.45) is 3.77. The van der Waals surface area contributed by atoms with E-state index in [9.17, 15) is 0 Å². The minimum Gasteiger partial charge on any atom is -0.0988 e. The maximum absolute atomic E-state index is 3.82. The maximum atomic E-state index is 3.82. The lowest BCUT2D eigenvalue weighted by atomic mass is 10.1. The monoisotopic (exact) mass is 134 g/mol. The highest BCUT2D eigenvalue weighted by atomic mass is 13.9. The molecule has 0 N–H and O–H groups in total. The van der Waals surface area contributed by atoms with Gasteiger partial charge in [-0.2, -0.15) is 0 Å². The van der Waals surface area contributed by atoms with Gasteiger partial charge in [-0.05, 0) is 19.4 Å². The van der Waals surface area contributed by atoms with Gasteiger partial charge in [-0.1, -0.05) is 43.0 Å². The molecule has 0 amide bonds. The van der Waals surface area contributed by atoms with Crippen LogP contribution in [0.4, 0.5) is 0 Å². The van der Waals surface area contributed by atoms with Crippen LogP contribution < -0.4 is 0 Å². The van der Waals surface area contributed by atoms with Crippen LogP contribution in [-0.4, -0.2) is 0 Å². The Morgan fingerprint density at radius 1 is 1.20 bits per heavy atom. The molecular weight excluding hydrogens is 120 g/mol. The molecule has 0 fully saturated rings. The first-order valence-electron chi connectivity index (χ1n) is 3.23. The van der Waals surface area contributed by atoms with Gasteiger partial charge < -0.3 is 0 Å². The van der Waals surface area contributed by atoms with Crippen molar-refractivity contribution in [3.05, 3.63) is 48.6 Å². The Balaban J connectivity index is 4.27. The molecule has 0 aromatic rings. The summed E-state index contributed by atoms with van der Waals surface area (Å²) in [5, 5.41) is 0. The highest BCUT2D eigenvalue weighted by molar-refractivity contribution is 5.37. The number of rotatable bonds is 3. The summed E-state index contributed by atoms with van der Waals surface area (Å²) >= 11 is 0. The van der Waals surface area contributed by atoms with Gasteiger partial charge >= 0.3 is 0 Å². The predicted octanol–water partition coefficient (Wildman–Crippen LogP) is 3.25. The summed E-state index contributed by atoms with van der Waals surface area (Å²) in [7, 11) is 0. The molecule has 54 valence electrons. The van der Waals surface area contributed by atoms with Gasteiger partial charge in [-0.3, -0.25) is 0 Å². The SMILES string of the molecule is C=C/C(C)=C/C(=C)C(=C)C. The molecule has 0 aliphatic carbocycles. The van der Waals surface area contributed by atoms with Crippen LogP contribution in [0.5, 0.6) is 0 Å². The van der Waals surface area contributed by atoms with Crippen LogP contribution in [0.3, 0.4) is 0 Å². The van der Waals surface area contributed by atoms with Crippen LogP contribution in [0, 0.1) is 0 Å². The second-order valence-corrected chi connectivity index (χ2v) is 2.40. The molecule has 0 aromatic carbocycles. The molecule has 0 aliphatic rings. The van der Waals surface area contributed by atoms with Crippen molar-refractivity contribution in [3.63, 3.8) is 0 Å². The first kappa shape index (κ1) is 8.96. The summed E-state index contributed by atoms with van der Waals surface area (Å²) in [5.74, 6) is 0. The van der Waals surface area contributed by atoms with Gasteiger partial charge in [0.05, 0.1) is 0 Å². The summed E-state index contributed by atoms with van der Waals surface area (Å²) < 4.78 is 0. The molecule has 0 aromatic heterocycles. The molecule has 0 saturated heterocycles. The van der Waals surface area contributed by atoms with Crippen molar-refractivity contribution in [2.24, 2.45) is 0 Å². The smallest absolute Gasteiger partial charge is 0.0303 e. The van der Waals surface area contributed by atoms with Crippen LogP contribution in [0.2, 0.25) is 0 Å².